The van der Waals surface area contributed by atoms with Crippen LogP contribution in [0.1, 0.15) is 49.9 Å². The van der Waals surface area contributed by atoms with Gasteiger partial charge in [0.2, 0.25) is 0 Å². The molecule has 11 rings (SSSR count). The molecule has 2 aliphatic rings. The largest absolute Gasteiger partial charge is 0.294 e. The van der Waals surface area contributed by atoms with E-state index in [0.717, 1.165) is 38.9 Å². The summed E-state index contributed by atoms with van der Waals surface area (Å²) in [5.41, 5.74) is 15.9. The van der Waals surface area contributed by atoms with E-state index in [0.29, 0.717) is 17.5 Å². The molecule has 0 fully saturated rings. The molecule has 0 N–H and O–H groups in total. The van der Waals surface area contributed by atoms with Crippen LogP contribution in [0.15, 0.2) is 152 Å². The maximum Gasteiger partial charge on any atom is 0.164 e. The third kappa shape index (κ3) is 4.53. The number of rotatable bonds is 4. The van der Waals surface area contributed by atoms with Crippen molar-refractivity contribution in [1.29, 1.82) is 0 Å². The van der Waals surface area contributed by atoms with E-state index in [9.17, 15) is 0 Å². The van der Waals surface area contributed by atoms with Gasteiger partial charge in [-0.1, -0.05) is 137 Å². The Morgan fingerprint density at radius 2 is 1.07 bits per heavy atom. The lowest BCUT2D eigenvalue weighted by Crippen LogP contribution is -2.17. The summed E-state index contributed by atoms with van der Waals surface area (Å²) in [4.78, 5) is 20.5. The second-order valence-electron chi connectivity index (χ2n) is 15.9. The first kappa shape index (κ1) is 31.8. The van der Waals surface area contributed by atoms with Crippen LogP contribution < -0.4 is 0 Å². The van der Waals surface area contributed by atoms with Crippen LogP contribution in [-0.4, -0.2) is 24.5 Å². The Balaban J connectivity index is 1.06. The van der Waals surface area contributed by atoms with Crippen molar-refractivity contribution in [2.75, 3.05) is 0 Å². The molecule has 262 valence electrons. The SMILES string of the molecule is CC1(C)c2cc(-c3nc(-c4ccccc4)nc(-c4cccc5c4C(C)(C)c4ccccc4-5)n3)ccc2-c2ccc(-n3c4ccccc4c4cccnc43)cc21. The smallest absolute Gasteiger partial charge is 0.164 e. The number of fused-ring (bicyclic) bond motifs is 9. The number of hydrogen-bond donors (Lipinski definition) is 0. The molecule has 5 nitrogen and oxygen atoms in total. The summed E-state index contributed by atoms with van der Waals surface area (Å²) < 4.78 is 2.30. The summed E-state index contributed by atoms with van der Waals surface area (Å²) in [5.74, 6) is 2.02. The average molecular weight is 708 g/mol. The van der Waals surface area contributed by atoms with Crippen LogP contribution in [0.3, 0.4) is 0 Å². The summed E-state index contributed by atoms with van der Waals surface area (Å²) >= 11 is 0. The van der Waals surface area contributed by atoms with Crippen molar-refractivity contribution in [1.82, 2.24) is 24.5 Å². The molecule has 9 aromatic rings. The first-order chi connectivity index (χ1) is 26.8. The lowest BCUT2D eigenvalue weighted by Gasteiger charge is -2.24. The Morgan fingerprint density at radius 1 is 0.436 bits per heavy atom. The van der Waals surface area contributed by atoms with Crippen molar-refractivity contribution in [2.45, 2.75) is 38.5 Å². The Kier molecular flexibility index (Phi) is 6.58. The zero-order valence-electron chi connectivity index (χ0n) is 31.2. The predicted molar refractivity (Wildman–Crippen MR) is 223 cm³/mol. The highest BCUT2D eigenvalue weighted by atomic mass is 15.0. The van der Waals surface area contributed by atoms with Crippen LogP contribution in [0, 0.1) is 0 Å². The van der Waals surface area contributed by atoms with Crippen LogP contribution in [0.5, 0.6) is 0 Å². The molecule has 6 aromatic carbocycles. The van der Waals surface area contributed by atoms with Gasteiger partial charge in [0, 0.05) is 50.2 Å². The summed E-state index contributed by atoms with van der Waals surface area (Å²) in [6.45, 7) is 9.28. The molecule has 0 amide bonds. The fourth-order valence-corrected chi connectivity index (χ4v) is 9.44. The molecule has 0 atom stereocenters. The number of nitrogens with zero attached hydrogens (tertiary/aromatic N) is 5. The fraction of sp³-hybridized carbons (Fsp3) is 0.120. The van der Waals surface area contributed by atoms with Crippen molar-refractivity contribution >= 4 is 21.9 Å². The molecule has 3 aromatic heterocycles. The van der Waals surface area contributed by atoms with E-state index in [4.69, 9.17) is 19.9 Å². The Morgan fingerprint density at radius 3 is 1.93 bits per heavy atom. The van der Waals surface area contributed by atoms with Crippen molar-refractivity contribution in [3.63, 3.8) is 0 Å². The third-order valence-corrected chi connectivity index (χ3v) is 12.1. The number of para-hydroxylation sites is 1. The molecule has 0 bridgehead atoms. The van der Waals surface area contributed by atoms with Gasteiger partial charge < -0.3 is 0 Å². The van der Waals surface area contributed by atoms with Gasteiger partial charge in [-0.2, -0.15) is 0 Å². The van der Waals surface area contributed by atoms with Gasteiger partial charge in [0.05, 0.1) is 5.52 Å². The average Bonchev–Trinajstić information content (AvgIpc) is 3.77. The molecular weight excluding hydrogens is 671 g/mol. The Labute approximate surface area is 320 Å². The van der Waals surface area contributed by atoms with Gasteiger partial charge in [0.1, 0.15) is 5.65 Å². The fourth-order valence-electron chi connectivity index (χ4n) is 9.44. The number of aromatic nitrogens is 5. The molecule has 0 unspecified atom stereocenters. The molecule has 0 saturated heterocycles. The summed E-state index contributed by atoms with van der Waals surface area (Å²) in [5, 5.41) is 2.37. The molecule has 55 heavy (non-hydrogen) atoms. The van der Waals surface area contributed by atoms with Crippen molar-refractivity contribution in [2.24, 2.45) is 0 Å². The van der Waals surface area contributed by atoms with E-state index in [1.165, 1.54) is 49.9 Å². The maximum atomic E-state index is 5.30. The minimum Gasteiger partial charge on any atom is -0.294 e. The first-order valence-corrected chi connectivity index (χ1v) is 19.0. The highest BCUT2D eigenvalue weighted by molar-refractivity contribution is 6.08. The highest BCUT2D eigenvalue weighted by Gasteiger charge is 2.39. The van der Waals surface area contributed by atoms with Gasteiger partial charge in [0.25, 0.3) is 0 Å². The normalized spacial score (nSPS) is 14.5. The monoisotopic (exact) mass is 707 g/mol. The summed E-state index contributed by atoms with van der Waals surface area (Å²) in [7, 11) is 0. The second kappa shape index (κ2) is 11.4. The number of hydrogen-bond acceptors (Lipinski definition) is 4. The predicted octanol–water partition coefficient (Wildman–Crippen LogP) is 12.0. The van der Waals surface area contributed by atoms with E-state index in [1.807, 2.05) is 30.5 Å². The molecule has 0 spiro atoms. The highest BCUT2D eigenvalue weighted by Crippen LogP contribution is 2.53. The van der Waals surface area contributed by atoms with E-state index in [1.54, 1.807) is 0 Å². The summed E-state index contributed by atoms with van der Waals surface area (Å²) in [6.07, 6.45) is 1.88. The lowest BCUT2D eigenvalue weighted by molar-refractivity contribution is 0.660. The molecule has 0 radical (unpaired) electrons. The van der Waals surface area contributed by atoms with Crippen LogP contribution in [-0.2, 0) is 10.8 Å². The van der Waals surface area contributed by atoms with Crippen LogP contribution in [0.2, 0.25) is 0 Å². The van der Waals surface area contributed by atoms with Gasteiger partial charge in [-0.05, 0) is 80.9 Å². The van der Waals surface area contributed by atoms with Crippen molar-refractivity contribution < 1.29 is 0 Å². The van der Waals surface area contributed by atoms with Gasteiger partial charge in [0.15, 0.2) is 17.5 Å². The van der Waals surface area contributed by atoms with E-state index < -0.39 is 0 Å². The molecular formula is C50H37N5. The van der Waals surface area contributed by atoms with E-state index in [2.05, 4.69) is 154 Å². The maximum absolute atomic E-state index is 5.30. The van der Waals surface area contributed by atoms with E-state index in [-0.39, 0.29) is 10.8 Å². The van der Waals surface area contributed by atoms with Gasteiger partial charge >= 0.3 is 0 Å². The van der Waals surface area contributed by atoms with Crippen molar-refractivity contribution in [3.05, 3.63) is 174 Å². The van der Waals surface area contributed by atoms with Crippen molar-refractivity contribution in [3.8, 4) is 62.1 Å². The van der Waals surface area contributed by atoms with Crippen LogP contribution in [0.4, 0.5) is 0 Å². The standard InChI is InChI=1S/C50H37N5/c1-49(2)41-28-31(23-25-34(41)35-26-24-32(29-42(35)49)55-43-22-11-9-17-36(43)38-20-13-27-51-48(38)55)46-52-45(30-14-6-5-7-15-30)53-47(54-46)39-19-12-18-37-33-16-8-10-21-40(33)50(3,4)44(37)39/h5-29H,1-4H3. The van der Waals surface area contributed by atoms with Crippen LogP contribution in [0.25, 0.3) is 84.0 Å². The van der Waals surface area contributed by atoms with Gasteiger partial charge in [-0.3, -0.25) is 4.57 Å². The topological polar surface area (TPSA) is 56.5 Å². The quantitative estimate of drug-likeness (QED) is 0.183. The van der Waals surface area contributed by atoms with Gasteiger partial charge in [-0.15, -0.1) is 0 Å². The van der Waals surface area contributed by atoms with Crippen LogP contribution >= 0.6 is 0 Å². The Hall–Kier alpha value is -6.72. The zero-order chi connectivity index (χ0) is 37.1. The zero-order valence-corrected chi connectivity index (χ0v) is 31.2. The molecule has 3 heterocycles. The number of pyridine rings is 1. The lowest BCUT2D eigenvalue weighted by atomic mass is 9.80. The minimum absolute atomic E-state index is 0.209. The minimum atomic E-state index is -0.267. The van der Waals surface area contributed by atoms with E-state index >= 15 is 0 Å². The Bertz CT molecular complexity index is 2990. The van der Waals surface area contributed by atoms with Gasteiger partial charge in [-0.25, -0.2) is 19.9 Å². The number of benzene rings is 6. The molecule has 5 heteroatoms. The second-order valence-corrected chi connectivity index (χ2v) is 15.9. The molecule has 2 aliphatic carbocycles. The first-order valence-electron chi connectivity index (χ1n) is 19.0. The summed E-state index contributed by atoms with van der Waals surface area (Å²) in [6, 6.07) is 51.9. The molecule has 0 aliphatic heterocycles. The molecule has 0 saturated carbocycles. The third-order valence-electron chi connectivity index (χ3n) is 12.1.